The summed E-state index contributed by atoms with van der Waals surface area (Å²) in [4.78, 5) is 11.3. The third kappa shape index (κ3) is 3.22. The predicted octanol–water partition coefficient (Wildman–Crippen LogP) is 2.12. The molecular weight excluding hydrogens is 283 g/mol. The molecule has 0 saturated carbocycles. The van der Waals surface area contributed by atoms with E-state index in [9.17, 15) is 9.18 Å². The third-order valence-electron chi connectivity index (χ3n) is 3.65. The van der Waals surface area contributed by atoms with Gasteiger partial charge in [0.1, 0.15) is 0 Å². The summed E-state index contributed by atoms with van der Waals surface area (Å²) >= 11 is 0. The van der Waals surface area contributed by atoms with E-state index in [0.29, 0.717) is 11.6 Å². The largest absolute Gasteiger partial charge is 0.478 e. The molecule has 2 aliphatic heterocycles. The van der Waals surface area contributed by atoms with Crippen molar-refractivity contribution in [3.63, 3.8) is 0 Å². The number of piperidine rings is 1. The molecule has 1 saturated heterocycles. The van der Waals surface area contributed by atoms with Gasteiger partial charge in [0.2, 0.25) is 0 Å². The Kier molecular flexibility index (Phi) is 4.83. The molecule has 110 valence electrons. The van der Waals surface area contributed by atoms with Gasteiger partial charge in [-0.2, -0.15) is 0 Å². The maximum atomic E-state index is 13.9. The predicted molar refractivity (Wildman–Crippen MR) is 77.1 cm³/mol. The van der Waals surface area contributed by atoms with Crippen molar-refractivity contribution in [2.75, 3.05) is 25.0 Å². The van der Waals surface area contributed by atoms with Gasteiger partial charge in [0, 0.05) is 0 Å². The molecule has 1 atom stereocenters. The summed E-state index contributed by atoms with van der Waals surface area (Å²) in [5, 5.41) is 6.01. The maximum absolute atomic E-state index is 13.9. The van der Waals surface area contributed by atoms with E-state index in [4.69, 9.17) is 4.74 Å². The number of anilines is 1. The fraction of sp³-hybridized carbons (Fsp3) is 0.500. The van der Waals surface area contributed by atoms with Gasteiger partial charge >= 0.3 is 0 Å². The zero-order valence-corrected chi connectivity index (χ0v) is 11.9. The Hall–Kier alpha value is -1.33. The molecule has 4 nitrogen and oxygen atoms in total. The standard InChI is InChI=1S/C14H17FN2O2.ClH/c15-11-5-10(4-9-2-1-3-16-7-9)6-12-14(11)19-8-13(18)17-12;/h5-6,9,16H,1-4,7-8H2,(H,17,18);1H. The molecule has 2 heterocycles. The highest BCUT2D eigenvalue weighted by Crippen LogP contribution is 2.33. The lowest BCUT2D eigenvalue weighted by Gasteiger charge is -2.24. The minimum Gasteiger partial charge on any atom is -0.478 e. The highest BCUT2D eigenvalue weighted by molar-refractivity contribution is 5.95. The Morgan fingerprint density at radius 1 is 1.40 bits per heavy atom. The van der Waals surface area contributed by atoms with Crippen LogP contribution in [0.2, 0.25) is 0 Å². The number of nitrogens with one attached hydrogen (secondary N) is 2. The monoisotopic (exact) mass is 300 g/mol. The molecule has 0 radical (unpaired) electrons. The number of carbonyl (C=O) groups excluding carboxylic acids is 1. The van der Waals surface area contributed by atoms with Crippen LogP contribution in [-0.4, -0.2) is 25.6 Å². The van der Waals surface area contributed by atoms with E-state index in [1.165, 1.54) is 6.07 Å². The molecule has 20 heavy (non-hydrogen) atoms. The minimum atomic E-state index is -0.392. The number of benzene rings is 1. The third-order valence-corrected chi connectivity index (χ3v) is 3.65. The summed E-state index contributed by atoms with van der Waals surface area (Å²) in [5.74, 6) is 0.0659. The van der Waals surface area contributed by atoms with Gasteiger partial charge in [-0.15, -0.1) is 12.4 Å². The number of rotatable bonds is 2. The molecule has 1 unspecified atom stereocenters. The Labute approximate surface area is 123 Å². The summed E-state index contributed by atoms with van der Waals surface area (Å²) < 4.78 is 19.0. The highest BCUT2D eigenvalue weighted by atomic mass is 35.5. The van der Waals surface area contributed by atoms with E-state index in [2.05, 4.69) is 10.6 Å². The molecule has 0 aromatic heterocycles. The molecule has 2 N–H and O–H groups in total. The zero-order chi connectivity index (χ0) is 13.2. The van der Waals surface area contributed by atoms with Gasteiger partial charge in [-0.05, 0) is 56.0 Å². The smallest absolute Gasteiger partial charge is 0.262 e. The second-order valence-electron chi connectivity index (χ2n) is 5.21. The van der Waals surface area contributed by atoms with E-state index < -0.39 is 5.82 Å². The number of hydrogen-bond donors (Lipinski definition) is 2. The zero-order valence-electron chi connectivity index (χ0n) is 11.1. The van der Waals surface area contributed by atoms with E-state index >= 15 is 0 Å². The Balaban J connectivity index is 0.00000147. The second kappa shape index (κ2) is 6.41. The van der Waals surface area contributed by atoms with E-state index in [1.807, 2.05) is 6.07 Å². The van der Waals surface area contributed by atoms with Gasteiger partial charge in [0.25, 0.3) is 5.91 Å². The lowest BCUT2D eigenvalue weighted by Crippen LogP contribution is -2.31. The summed E-state index contributed by atoms with van der Waals surface area (Å²) in [7, 11) is 0. The van der Waals surface area contributed by atoms with Gasteiger partial charge in [0.05, 0.1) is 5.69 Å². The van der Waals surface area contributed by atoms with Crippen molar-refractivity contribution in [1.29, 1.82) is 0 Å². The van der Waals surface area contributed by atoms with Gasteiger partial charge in [0.15, 0.2) is 18.2 Å². The SMILES string of the molecule is Cl.O=C1COc2c(F)cc(CC3CCCNC3)cc2N1. The summed E-state index contributed by atoms with van der Waals surface area (Å²) in [6.45, 7) is 1.93. The van der Waals surface area contributed by atoms with Crippen LogP contribution in [0.15, 0.2) is 12.1 Å². The molecule has 2 aliphatic rings. The van der Waals surface area contributed by atoms with Crippen LogP contribution in [0.4, 0.5) is 10.1 Å². The number of amides is 1. The number of halogens is 2. The van der Waals surface area contributed by atoms with Crippen LogP contribution >= 0.6 is 12.4 Å². The fourth-order valence-corrected chi connectivity index (χ4v) is 2.76. The summed E-state index contributed by atoms with van der Waals surface area (Å²) in [6.07, 6.45) is 3.15. The van der Waals surface area contributed by atoms with Crippen LogP contribution in [0.25, 0.3) is 0 Å². The number of fused-ring (bicyclic) bond motifs is 1. The van der Waals surface area contributed by atoms with Crippen LogP contribution < -0.4 is 15.4 Å². The van der Waals surface area contributed by atoms with Crippen LogP contribution in [-0.2, 0) is 11.2 Å². The Bertz CT molecular complexity index is 504. The van der Waals surface area contributed by atoms with Gasteiger partial charge in [-0.3, -0.25) is 4.79 Å². The fourth-order valence-electron chi connectivity index (χ4n) is 2.76. The second-order valence-corrected chi connectivity index (χ2v) is 5.21. The normalized spacial score (nSPS) is 21.2. The van der Waals surface area contributed by atoms with E-state index in [-0.39, 0.29) is 30.7 Å². The number of carbonyl (C=O) groups is 1. The van der Waals surface area contributed by atoms with Crippen LogP contribution in [0, 0.1) is 11.7 Å². The minimum absolute atomic E-state index is 0. The highest BCUT2D eigenvalue weighted by Gasteiger charge is 2.22. The Morgan fingerprint density at radius 2 is 2.25 bits per heavy atom. The summed E-state index contributed by atoms with van der Waals surface area (Å²) in [5.41, 5.74) is 1.37. The van der Waals surface area contributed by atoms with Crippen molar-refractivity contribution in [2.45, 2.75) is 19.3 Å². The molecule has 0 spiro atoms. The topological polar surface area (TPSA) is 50.4 Å². The number of ether oxygens (including phenoxy) is 1. The first-order valence-electron chi connectivity index (χ1n) is 6.68. The maximum Gasteiger partial charge on any atom is 0.262 e. The number of hydrogen-bond acceptors (Lipinski definition) is 3. The first-order chi connectivity index (χ1) is 9.22. The molecule has 0 bridgehead atoms. The molecule has 1 fully saturated rings. The average Bonchev–Trinajstić information content (AvgIpc) is 2.39. The van der Waals surface area contributed by atoms with Crippen molar-refractivity contribution in [3.05, 3.63) is 23.5 Å². The van der Waals surface area contributed by atoms with Crippen molar-refractivity contribution >= 4 is 24.0 Å². The average molecular weight is 301 g/mol. The van der Waals surface area contributed by atoms with Gasteiger partial charge < -0.3 is 15.4 Å². The van der Waals surface area contributed by atoms with E-state index in [0.717, 1.165) is 37.9 Å². The lowest BCUT2D eigenvalue weighted by atomic mass is 9.92. The van der Waals surface area contributed by atoms with Crippen LogP contribution in [0.1, 0.15) is 18.4 Å². The molecular formula is C14H18ClFN2O2. The first-order valence-corrected chi connectivity index (χ1v) is 6.68. The van der Waals surface area contributed by atoms with Crippen LogP contribution in [0.5, 0.6) is 5.75 Å². The van der Waals surface area contributed by atoms with Crippen molar-refractivity contribution in [1.82, 2.24) is 5.32 Å². The molecule has 6 heteroatoms. The van der Waals surface area contributed by atoms with Gasteiger partial charge in [-0.1, -0.05) is 0 Å². The Morgan fingerprint density at radius 3 is 3.00 bits per heavy atom. The molecule has 0 aliphatic carbocycles. The first kappa shape index (κ1) is 15.1. The molecule has 1 aromatic carbocycles. The van der Waals surface area contributed by atoms with Crippen molar-refractivity contribution < 1.29 is 13.9 Å². The molecule has 1 aromatic rings. The van der Waals surface area contributed by atoms with Crippen molar-refractivity contribution in [2.24, 2.45) is 5.92 Å². The lowest BCUT2D eigenvalue weighted by molar-refractivity contribution is -0.118. The van der Waals surface area contributed by atoms with Gasteiger partial charge in [-0.25, -0.2) is 4.39 Å². The van der Waals surface area contributed by atoms with E-state index in [1.54, 1.807) is 0 Å². The quantitative estimate of drug-likeness (QED) is 0.879. The van der Waals surface area contributed by atoms with Crippen molar-refractivity contribution in [3.8, 4) is 5.75 Å². The van der Waals surface area contributed by atoms with Crippen LogP contribution in [0.3, 0.4) is 0 Å². The molecule has 1 amide bonds. The summed E-state index contributed by atoms with van der Waals surface area (Å²) in [6, 6.07) is 3.34. The molecule has 3 rings (SSSR count).